The lowest BCUT2D eigenvalue weighted by atomic mass is 10.2. The number of carbonyl (C=O) groups is 2. The number of aryl methyl sites for hydroxylation is 1. The predicted octanol–water partition coefficient (Wildman–Crippen LogP) is 4.05. The van der Waals surface area contributed by atoms with Crippen LogP contribution in [0.5, 0.6) is 0 Å². The fraction of sp³-hybridized carbons (Fsp3) is 0.100. The van der Waals surface area contributed by atoms with Crippen molar-refractivity contribution in [1.29, 1.82) is 0 Å². The van der Waals surface area contributed by atoms with Crippen LogP contribution < -0.4 is 10.7 Å². The number of nitrogens with one attached hydrogen (secondary N) is 2. The van der Waals surface area contributed by atoms with Crippen LogP contribution in [0.25, 0.3) is 0 Å². The van der Waals surface area contributed by atoms with Crippen molar-refractivity contribution in [3.05, 3.63) is 80.8 Å². The van der Waals surface area contributed by atoms with Gasteiger partial charge in [-0.05, 0) is 36.8 Å². The molecule has 142 valence electrons. The Morgan fingerprint density at radius 1 is 1.21 bits per heavy atom. The predicted molar refractivity (Wildman–Crippen MR) is 112 cm³/mol. The van der Waals surface area contributed by atoms with Crippen LogP contribution in [-0.2, 0) is 11.2 Å². The zero-order valence-electron chi connectivity index (χ0n) is 15.0. The molecule has 2 amide bonds. The molecule has 0 saturated heterocycles. The van der Waals surface area contributed by atoms with Gasteiger partial charge in [0.1, 0.15) is 0 Å². The summed E-state index contributed by atoms with van der Waals surface area (Å²) in [4.78, 5) is 28.5. The van der Waals surface area contributed by atoms with E-state index in [1.165, 1.54) is 17.6 Å². The Morgan fingerprint density at radius 2 is 2.04 bits per heavy atom. The quantitative estimate of drug-likeness (QED) is 0.473. The van der Waals surface area contributed by atoms with Gasteiger partial charge in [0.15, 0.2) is 0 Å². The third-order valence-corrected chi connectivity index (χ3v) is 4.83. The number of benzene rings is 2. The first-order chi connectivity index (χ1) is 13.5. The Kier molecular flexibility index (Phi) is 6.52. The van der Waals surface area contributed by atoms with Gasteiger partial charge in [0.05, 0.1) is 33.9 Å². The molecule has 6 nitrogen and oxygen atoms in total. The van der Waals surface area contributed by atoms with Gasteiger partial charge >= 0.3 is 0 Å². The van der Waals surface area contributed by atoms with E-state index in [2.05, 4.69) is 20.8 Å². The molecule has 1 aromatic heterocycles. The van der Waals surface area contributed by atoms with Crippen LogP contribution in [0.2, 0.25) is 5.02 Å². The van der Waals surface area contributed by atoms with Crippen LogP contribution in [0.1, 0.15) is 26.6 Å². The van der Waals surface area contributed by atoms with E-state index in [9.17, 15) is 9.59 Å². The van der Waals surface area contributed by atoms with Crippen LogP contribution in [0.4, 0.5) is 5.69 Å². The van der Waals surface area contributed by atoms with E-state index in [0.717, 1.165) is 16.3 Å². The number of rotatable bonds is 6. The van der Waals surface area contributed by atoms with Crippen LogP contribution in [0.15, 0.2) is 59.0 Å². The molecule has 28 heavy (non-hydrogen) atoms. The van der Waals surface area contributed by atoms with Gasteiger partial charge in [-0.15, -0.1) is 11.3 Å². The lowest BCUT2D eigenvalue weighted by Gasteiger charge is -2.07. The standard InChI is InChI=1S/C20H17ClN4O2S/c1-13-23-16(12-28-13)10-19(26)25-22-11-14-5-4-6-15(9-14)24-20(27)17-7-2-3-8-18(17)21/h2-9,11-12H,10H2,1H3,(H,24,27)(H,25,26)/b22-11+. The number of hydrazone groups is 1. The molecule has 0 spiro atoms. The third-order valence-electron chi connectivity index (χ3n) is 3.67. The van der Waals surface area contributed by atoms with Crippen LogP contribution in [0.3, 0.4) is 0 Å². The number of halogens is 1. The zero-order valence-corrected chi connectivity index (χ0v) is 16.6. The topological polar surface area (TPSA) is 83.4 Å². The highest BCUT2D eigenvalue weighted by Crippen LogP contribution is 2.17. The fourth-order valence-electron chi connectivity index (χ4n) is 2.41. The lowest BCUT2D eigenvalue weighted by Crippen LogP contribution is -2.20. The fourth-order valence-corrected chi connectivity index (χ4v) is 3.25. The zero-order chi connectivity index (χ0) is 19.9. The molecule has 0 radical (unpaired) electrons. The number of anilines is 1. The summed E-state index contributed by atoms with van der Waals surface area (Å²) in [5.74, 6) is -0.545. The van der Waals surface area contributed by atoms with Gasteiger partial charge in [-0.25, -0.2) is 10.4 Å². The molecule has 0 bridgehead atoms. The second-order valence-electron chi connectivity index (χ2n) is 5.89. The Hall–Kier alpha value is -3.03. The maximum atomic E-state index is 12.3. The average molecular weight is 413 g/mol. The summed E-state index contributed by atoms with van der Waals surface area (Å²) in [5, 5.41) is 9.90. The monoisotopic (exact) mass is 412 g/mol. The largest absolute Gasteiger partial charge is 0.322 e. The van der Waals surface area contributed by atoms with E-state index >= 15 is 0 Å². The summed E-state index contributed by atoms with van der Waals surface area (Å²) in [6.45, 7) is 1.89. The van der Waals surface area contributed by atoms with Crippen LogP contribution in [0, 0.1) is 6.92 Å². The summed E-state index contributed by atoms with van der Waals surface area (Å²) in [7, 11) is 0. The molecule has 8 heteroatoms. The van der Waals surface area contributed by atoms with Crippen molar-refractivity contribution in [3.63, 3.8) is 0 Å². The minimum atomic E-state index is -0.299. The molecule has 0 aliphatic rings. The van der Waals surface area contributed by atoms with E-state index in [1.807, 2.05) is 18.4 Å². The highest BCUT2D eigenvalue weighted by atomic mass is 35.5. The van der Waals surface area contributed by atoms with Crippen molar-refractivity contribution in [3.8, 4) is 0 Å². The van der Waals surface area contributed by atoms with Gasteiger partial charge in [-0.1, -0.05) is 35.9 Å². The van der Waals surface area contributed by atoms with E-state index < -0.39 is 0 Å². The molecule has 3 aromatic rings. The molecule has 0 atom stereocenters. The van der Waals surface area contributed by atoms with Crippen molar-refractivity contribution < 1.29 is 9.59 Å². The Morgan fingerprint density at radius 3 is 2.79 bits per heavy atom. The number of hydrogen-bond donors (Lipinski definition) is 2. The first-order valence-electron chi connectivity index (χ1n) is 8.40. The van der Waals surface area contributed by atoms with E-state index in [0.29, 0.717) is 16.3 Å². The van der Waals surface area contributed by atoms with Crippen molar-refractivity contribution in [2.75, 3.05) is 5.32 Å². The highest BCUT2D eigenvalue weighted by Gasteiger charge is 2.10. The molecule has 0 aliphatic carbocycles. The van der Waals surface area contributed by atoms with Gasteiger partial charge in [0, 0.05) is 11.1 Å². The van der Waals surface area contributed by atoms with Gasteiger partial charge in [-0.2, -0.15) is 5.10 Å². The molecule has 0 saturated carbocycles. The Balaban J connectivity index is 1.58. The molecular formula is C20H17ClN4O2S. The molecule has 2 N–H and O–H groups in total. The Labute approximate surface area is 171 Å². The third kappa shape index (κ3) is 5.48. The average Bonchev–Trinajstić information content (AvgIpc) is 3.07. The second-order valence-corrected chi connectivity index (χ2v) is 7.36. The van der Waals surface area contributed by atoms with Gasteiger partial charge < -0.3 is 5.32 Å². The van der Waals surface area contributed by atoms with E-state index in [1.54, 1.807) is 42.5 Å². The number of carbonyl (C=O) groups excluding carboxylic acids is 2. The molecule has 2 aromatic carbocycles. The van der Waals surface area contributed by atoms with Crippen LogP contribution in [-0.4, -0.2) is 23.0 Å². The molecule has 1 heterocycles. The van der Waals surface area contributed by atoms with E-state index in [4.69, 9.17) is 11.6 Å². The highest BCUT2D eigenvalue weighted by molar-refractivity contribution is 7.09. The summed E-state index contributed by atoms with van der Waals surface area (Å²) < 4.78 is 0. The van der Waals surface area contributed by atoms with Gasteiger partial charge in [0.25, 0.3) is 5.91 Å². The first kappa shape index (κ1) is 19.7. The molecule has 0 fully saturated rings. The van der Waals surface area contributed by atoms with Crippen molar-refractivity contribution >= 4 is 46.7 Å². The maximum absolute atomic E-state index is 12.3. The maximum Gasteiger partial charge on any atom is 0.257 e. The van der Waals surface area contributed by atoms with Crippen molar-refractivity contribution in [2.24, 2.45) is 5.10 Å². The number of thiazole rings is 1. The van der Waals surface area contributed by atoms with Gasteiger partial charge in [-0.3, -0.25) is 9.59 Å². The summed E-state index contributed by atoms with van der Waals surface area (Å²) in [5.41, 5.74) is 4.91. The SMILES string of the molecule is Cc1nc(CC(=O)N/N=C/c2cccc(NC(=O)c3ccccc3Cl)c2)cs1. The molecule has 0 unspecified atom stereocenters. The lowest BCUT2D eigenvalue weighted by molar-refractivity contribution is -0.120. The second kappa shape index (κ2) is 9.25. The minimum absolute atomic E-state index is 0.176. The smallest absolute Gasteiger partial charge is 0.257 e. The molecule has 0 aliphatic heterocycles. The Bertz CT molecular complexity index is 1030. The van der Waals surface area contributed by atoms with Gasteiger partial charge in [0.2, 0.25) is 5.91 Å². The summed E-state index contributed by atoms with van der Waals surface area (Å²) in [6.07, 6.45) is 1.69. The molecule has 3 rings (SSSR count). The van der Waals surface area contributed by atoms with Crippen molar-refractivity contribution in [1.82, 2.24) is 10.4 Å². The molecular weight excluding hydrogens is 396 g/mol. The normalized spacial score (nSPS) is 10.8. The summed E-state index contributed by atoms with van der Waals surface area (Å²) >= 11 is 7.55. The minimum Gasteiger partial charge on any atom is -0.322 e. The number of nitrogens with zero attached hydrogens (tertiary/aromatic N) is 2. The number of amides is 2. The summed E-state index contributed by atoms with van der Waals surface area (Å²) in [6, 6.07) is 13.9. The number of aromatic nitrogens is 1. The van der Waals surface area contributed by atoms with E-state index in [-0.39, 0.29) is 18.2 Å². The first-order valence-corrected chi connectivity index (χ1v) is 9.66. The van der Waals surface area contributed by atoms with Crippen molar-refractivity contribution in [2.45, 2.75) is 13.3 Å². The van der Waals surface area contributed by atoms with Crippen LogP contribution >= 0.6 is 22.9 Å². The number of hydrogen-bond acceptors (Lipinski definition) is 5.